The van der Waals surface area contributed by atoms with Gasteiger partial charge in [-0.3, -0.25) is 10.2 Å². The van der Waals surface area contributed by atoms with Gasteiger partial charge in [-0.05, 0) is 18.4 Å². The second-order valence-electron chi connectivity index (χ2n) is 5.58. The highest BCUT2D eigenvalue weighted by molar-refractivity contribution is 5.86. The number of nitrogens with one attached hydrogen (secondary N) is 2. The molecular formula is C15H22N6O5. The van der Waals surface area contributed by atoms with Gasteiger partial charge in [-0.15, -0.1) is 0 Å². The predicted octanol–water partition coefficient (Wildman–Crippen LogP) is -0.707. The number of nitrogens with zero attached hydrogens (tertiary/aromatic N) is 2. The molecule has 26 heavy (non-hydrogen) atoms. The molecule has 0 heterocycles. The smallest absolute Gasteiger partial charge is 0.326 e. The van der Waals surface area contributed by atoms with E-state index < -0.39 is 35.0 Å². The van der Waals surface area contributed by atoms with Crippen LogP contribution < -0.4 is 16.8 Å². The summed E-state index contributed by atoms with van der Waals surface area (Å²) in [4.78, 5) is 34.1. The Morgan fingerprint density at radius 1 is 1.35 bits per heavy atom. The van der Waals surface area contributed by atoms with Gasteiger partial charge in [-0.25, -0.2) is 14.9 Å². The molecule has 0 aliphatic carbocycles. The number of aliphatic carboxylic acids is 1. The number of amides is 1. The van der Waals surface area contributed by atoms with Crippen molar-refractivity contribution >= 4 is 17.8 Å². The predicted molar refractivity (Wildman–Crippen MR) is 92.5 cm³/mol. The van der Waals surface area contributed by atoms with Crippen LogP contribution in [-0.4, -0.2) is 51.6 Å². The van der Waals surface area contributed by atoms with Crippen molar-refractivity contribution in [3.8, 4) is 0 Å². The summed E-state index contributed by atoms with van der Waals surface area (Å²) < 4.78 is 0. The van der Waals surface area contributed by atoms with E-state index >= 15 is 0 Å². The van der Waals surface area contributed by atoms with Gasteiger partial charge in [-0.2, -0.15) is 0 Å². The van der Waals surface area contributed by atoms with Crippen molar-refractivity contribution in [1.29, 1.82) is 5.41 Å². The highest BCUT2D eigenvalue weighted by Gasteiger charge is 2.24. The molecule has 2 atom stereocenters. The van der Waals surface area contributed by atoms with Crippen LogP contribution in [0.15, 0.2) is 30.3 Å². The lowest BCUT2D eigenvalue weighted by Crippen LogP contribution is -2.49. The van der Waals surface area contributed by atoms with E-state index in [1.54, 1.807) is 30.3 Å². The van der Waals surface area contributed by atoms with Gasteiger partial charge in [0.05, 0.1) is 12.6 Å². The van der Waals surface area contributed by atoms with Crippen molar-refractivity contribution in [1.82, 2.24) is 10.3 Å². The Bertz CT molecular complexity index is 639. The Labute approximate surface area is 149 Å². The Morgan fingerprint density at radius 3 is 2.46 bits per heavy atom. The summed E-state index contributed by atoms with van der Waals surface area (Å²) in [6.07, 6.45) is 0.306. The number of carboxylic acid groups (broad SMARTS) is 1. The third-order valence-corrected chi connectivity index (χ3v) is 3.59. The van der Waals surface area contributed by atoms with E-state index in [9.17, 15) is 24.8 Å². The second-order valence-corrected chi connectivity index (χ2v) is 5.58. The summed E-state index contributed by atoms with van der Waals surface area (Å²) in [5.41, 5.74) is 11.5. The first-order valence-electron chi connectivity index (χ1n) is 7.81. The monoisotopic (exact) mass is 366 g/mol. The van der Waals surface area contributed by atoms with Gasteiger partial charge >= 0.3 is 5.97 Å². The first-order chi connectivity index (χ1) is 12.2. The Balaban J connectivity index is 2.54. The van der Waals surface area contributed by atoms with Crippen molar-refractivity contribution in [3.63, 3.8) is 0 Å². The quantitative estimate of drug-likeness (QED) is 0.155. The second kappa shape index (κ2) is 9.93. The molecule has 1 aromatic rings. The molecule has 0 saturated carbocycles. The number of rotatable bonds is 10. The van der Waals surface area contributed by atoms with Gasteiger partial charge in [0.2, 0.25) is 5.91 Å². The van der Waals surface area contributed by atoms with Crippen molar-refractivity contribution in [3.05, 3.63) is 46.0 Å². The van der Waals surface area contributed by atoms with Crippen LogP contribution >= 0.6 is 0 Å². The minimum atomic E-state index is -1.19. The summed E-state index contributed by atoms with van der Waals surface area (Å²) in [5, 5.41) is 29.0. The summed E-state index contributed by atoms with van der Waals surface area (Å²) >= 11 is 0. The largest absolute Gasteiger partial charge is 0.480 e. The molecule has 11 heteroatoms. The highest BCUT2D eigenvalue weighted by Crippen LogP contribution is 2.05. The maximum atomic E-state index is 12.1. The molecule has 7 N–H and O–H groups in total. The van der Waals surface area contributed by atoms with E-state index in [1.165, 1.54) is 0 Å². The number of hydrogen-bond acceptors (Lipinski definition) is 6. The summed E-state index contributed by atoms with van der Waals surface area (Å²) in [5.74, 6) is -2.57. The van der Waals surface area contributed by atoms with Crippen LogP contribution in [0.3, 0.4) is 0 Å². The van der Waals surface area contributed by atoms with Crippen LogP contribution in [-0.2, 0) is 16.0 Å². The molecule has 1 aromatic carbocycles. The maximum absolute atomic E-state index is 12.1. The van der Waals surface area contributed by atoms with Gasteiger partial charge in [0.1, 0.15) is 6.04 Å². The zero-order chi connectivity index (χ0) is 19.7. The van der Waals surface area contributed by atoms with Crippen molar-refractivity contribution in [2.75, 3.05) is 6.54 Å². The molecule has 0 aliphatic heterocycles. The van der Waals surface area contributed by atoms with Gasteiger partial charge in [0.15, 0.2) is 5.03 Å². The molecule has 1 rings (SSSR count). The third-order valence-electron chi connectivity index (χ3n) is 3.59. The molecular weight excluding hydrogens is 344 g/mol. The molecule has 142 valence electrons. The normalized spacial score (nSPS) is 12.7. The van der Waals surface area contributed by atoms with Gasteiger partial charge in [-0.1, -0.05) is 35.3 Å². The fraction of sp³-hybridized carbons (Fsp3) is 0.400. The number of carbonyl (C=O) groups excluding carboxylic acids is 1. The molecule has 0 unspecified atom stereocenters. The van der Waals surface area contributed by atoms with E-state index in [4.69, 9.17) is 16.9 Å². The minimum absolute atomic E-state index is 0.0706. The number of carboxylic acids is 1. The molecule has 0 aliphatic rings. The zero-order valence-electron chi connectivity index (χ0n) is 14.0. The van der Waals surface area contributed by atoms with Crippen molar-refractivity contribution in [2.45, 2.75) is 31.3 Å². The standard InChI is InChI=1S/C15H22N6O5/c16-11(7-4-8-20(15(17)18)21(25)26)13(22)19-12(14(23)24)9-10-5-2-1-3-6-10/h1-3,5-6,11-12H,4,7-9,16H2,(H3,17,18)(H,19,22)(H,23,24)/t11-,12-/m0/s1. The first kappa shape index (κ1) is 20.8. The Kier molecular flexibility index (Phi) is 7.96. The van der Waals surface area contributed by atoms with E-state index in [1.807, 2.05) is 0 Å². The van der Waals surface area contributed by atoms with Gasteiger partial charge in [0.25, 0.3) is 5.96 Å². The van der Waals surface area contributed by atoms with E-state index in [2.05, 4.69) is 5.32 Å². The Hall–Kier alpha value is -3.21. The van der Waals surface area contributed by atoms with Crippen molar-refractivity contribution in [2.24, 2.45) is 11.5 Å². The molecule has 0 aromatic heterocycles. The third kappa shape index (κ3) is 6.73. The van der Waals surface area contributed by atoms with Gasteiger partial charge < -0.3 is 21.9 Å². The average Bonchev–Trinajstić information content (AvgIpc) is 2.57. The molecule has 0 bridgehead atoms. The molecule has 0 spiro atoms. The van der Waals surface area contributed by atoms with E-state index in [-0.39, 0.29) is 25.8 Å². The Morgan fingerprint density at radius 2 is 1.96 bits per heavy atom. The fourth-order valence-corrected chi connectivity index (χ4v) is 2.21. The number of hydrogen-bond donors (Lipinski definition) is 5. The van der Waals surface area contributed by atoms with Crippen LogP contribution in [0.5, 0.6) is 0 Å². The summed E-state index contributed by atoms with van der Waals surface area (Å²) in [6, 6.07) is 6.64. The summed E-state index contributed by atoms with van der Waals surface area (Å²) in [7, 11) is 0. The molecule has 0 saturated heterocycles. The van der Waals surface area contributed by atoms with Crippen LogP contribution in [0.1, 0.15) is 18.4 Å². The highest BCUT2D eigenvalue weighted by atomic mass is 16.7. The van der Waals surface area contributed by atoms with Crippen LogP contribution in [0.25, 0.3) is 0 Å². The number of nitro groups is 1. The molecule has 1 amide bonds. The lowest BCUT2D eigenvalue weighted by atomic mass is 10.0. The van der Waals surface area contributed by atoms with Crippen LogP contribution in [0.2, 0.25) is 0 Å². The number of hydrazine groups is 1. The minimum Gasteiger partial charge on any atom is -0.480 e. The average molecular weight is 366 g/mol. The number of carbonyl (C=O) groups is 2. The van der Waals surface area contributed by atoms with Crippen LogP contribution in [0.4, 0.5) is 0 Å². The maximum Gasteiger partial charge on any atom is 0.326 e. The lowest BCUT2D eigenvalue weighted by Gasteiger charge is -2.18. The van der Waals surface area contributed by atoms with Crippen molar-refractivity contribution < 1.29 is 19.7 Å². The number of guanidine groups is 1. The number of nitrogens with two attached hydrogens (primary N) is 2. The van der Waals surface area contributed by atoms with Crippen LogP contribution in [0, 0.1) is 15.5 Å². The lowest BCUT2D eigenvalue weighted by molar-refractivity contribution is -0.629. The molecule has 0 fully saturated rings. The number of benzene rings is 1. The van der Waals surface area contributed by atoms with E-state index in [0.717, 1.165) is 5.56 Å². The first-order valence-corrected chi connectivity index (χ1v) is 7.81. The van der Waals surface area contributed by atoms with E-state index in [0.29, 0.717) is 5.01 Å². The molecule has 0 radical (unpaired) electrons. The fourth-order valence-electron chi connectivity index (χ4n) is 2.21. The van der Waals surface area contributed by atoms with Gasteiger partial charge in [0, 0.05) is 6.42 Å². The SMILES string of the molecule is N=C(N)N(CCC[C@H](N)C(=O)N[C@@H](Cc1ccccc1)C(=O)O)[N+](=O)[O-]. The topological polar surface area (TPSA) is 189 Å². The molecule has 11 nitrogen and oxygen atoms in total. The summed E-state index contributed by atoms with van der Waals surface area (Å²) in [6.45, 7) is -0.185. The zero-order valence-corrected chi connectivity index (χ0v) is 14.0.